The maximum Gasteiger partial charge on any atom is 0.389 e. The topological polar surface area (TPSA) is 50.8 Å². The van der Waals surface area contributed by atoms with Gasteiger partial charge in [-0.3, -0.25) is 0 Å². The number of carbonyl (C=O) groups is 1. The fourth-order valence-corrected chi connectivity index (χ4v) is 2.52. The molecule has 1 rings (SSSR count). The van der Waals surface area contributed by atoms with Crippen LogP contribution in [0.2, 0.25) is 0 Å². The van der Waals surface area contributed by atoms with E-state index in [-0.39, 0.29) is 25.2 Å². The summed E-state index contributed by atoms with van der Waals surface area (Å²) in [6.07, 6.45) is -4.57. The van der Waals surface area contributed by atoms with Crippen molar-refractivity contribution < 1.29 is 27.4 Å². The Morgan fingerprint density at radius 3 is 2.48 bits per heavy atom. The SMILES string of the molecule is COCC(CCNC(=O)N1CC(C)(CC(F)(F)F)C1)OC. The van der Waals surface area contributed by atoms with Crippen LogP contribution in [0.4, 0.5) is 18.0 Å². The highest BCUT2D eigenvalue weighted by molar-refractivity contribution is 5.75. The van der Waals surface area contributed by atoms with E-state index in [2.05, 4.69) is 5.32 Å². The number of halogens is 3. The molecule has 1 fully saturated rings. The first-order valence-corrected chi connectivity index (χ1v) is 6.80. The van der Waals surface area contributed by atoms with E-state index >= 15 is 0 Å². The molecule has 0 spiro atoms. The molecule has 1 aliphatic heterocycles. The van der Waals surface area contributed by atoms with Gasteiger partial charge >= 0.3 is 12.2 Å². The maximum absolute atomic E-state index is 12.4. The first-order valence-electron chi connectivity index (χ1n) is 6.80. The number of amides is 2. The van der Waals surface area contributed by atoms with Gasteiger partial charge in [-0.05, 0) is 6.42 Å². The Kier molecular flexibility index (Phi) is 6.27. The minimum atomic E-state index is -4.19. The van der Waals surface area contributed by atoms with E-state index in [1.807, 2.05) is 0 Å². The molecular formula is C13H23F3N2O3. The predicted molar refractivity (Wildman–Crippen MR) is 71.0 cm³/mol. The highest BCUT2D eigenvalue weighted by Crippen LogP contribution is 2.40. The Morgan fingerprint density at radius 2 is 2.00 bits per heavy atom. The molecule has 2 amide bonds. The van der Waals surface area contributed by atoms with Crippen LogP contribution in [-0.2, 0) is 9.47 Å². The number of ether oxygens (including phenoxy) is 2. The number of likely N-dealkylation sites (tertiary alicyclic amines) is 1. The van der Waals surface area contributed by atoms with Gasteiger partial charge in [0.25, 0.3) is 0 Å². The van der Waals surface area contributed by atoms with E-state index in [9.17, 15) is 18.0 Å². The molecule has 124 valence electrons. The van der Waals surface area contributed by atoms with Gasteiger partial charge in [-0.1, -0.05) is 6.92 Å². The van der Waals surface area contributed by atoms with Crippen LogP contribution in [0, 0.1) is 5.41 Å². The van der Waals surface area contributed by atoms with E-state index < -0.39 is 18.0 Å². The number of nitrogens with one attached hydrogen (secondary N) is 1. The average Bonchev–Trinajstić information content (AvgIpc) is 2.32. The molecule has 1 heterocycles. The second kappa shape index (κ2) is 7.31. The summed E-state index contributed by atoms with van der Waals surface area (Å²) in [6, 6.07) is -0.332. The van der Waals surface area contributed by atoms with Crippen molar-refractivity contribution in [2.75, 3.05) is 40.5 Å². The fraction of sp³-hybridized carbons (Fsp3) is 0.923. The Hall–Kier alpha value is -1.02. The molecule has 1 saturated heterocycles. The van der Waals surface area contributed by atoms with Crippen molar-refractivity contribution in [3.05, 3.63) is 0 Å². The largest absolute Gasteiger partial charge is 0.389 e. The summed E-state index contributed by atoms with van der Waals surface area (Å²) in [6.45, 7) is 2.63. The Morgan fingerprint density at radius 1 is 1.38 bits per heavy atom. The maximum atomic E-state index is 12.4. The zero-order valence-electron chi connectivity index (χ0n) is 12.6. The van der Waals surface area contributed by atoms with Crippen LogP contribution in [0.15, 0.2) is 0 Å². The van der Waals surface area contributed by atoms with Crippen LogP contribution in [0.25, 0.3) is 0 Å². The second-order valence-corrected chi connectivity index (χ2v) is 5.79. The lowest BCUT2D eigenvalue weighted by molar-refractivity contribution is -0.172. The number of alkyl halides is 3. The molecule has 1 aliphatic rings. The molecule has 21 heavy (non-hydrogen) atoms. The summed E-state index contributed by atoms with van der Waals surface area (Å²) in [5, 5.41) is 2.68. The predicted octanol–water partition coefficient (Wildman–Crippen LogP) is 2.02. The van der Waals surface area contributed by atoms with Crippen LogP contribution in [-0.4, -0.2) is 63.7 Å². The molecule has 0 aliphatic carbocycles. The normalized spacial score (nSPS) is 19.0. The van der Waals surface area contributed by atoms with Crippen LogP contribution >= 0.6 is 0 Å². The highest BCUT2D eigenvalue weighted by Gasteiger charge is 2.48. The van der Waals surface area contributed by atoms with Crippen LogP contribution < -0.4 is 5.32 Å². The molecule has 0 saturated carbocycles. The van der Waals surface area contributed by atoms with Gasteiger partial charge in [0, 0.05) is 39.3 Å². The van der Waals surface area contributed by atoms with Crippen LogP contribution in [0.5, 0.6) is 0 Å². The van der Waals surface area contributed by atoms with Crippen molar-refractivity contribution in [2.24, 2.45) is 5.41 Å². The fourth-order valence-electron chi connectivity index (χ4n) is 2.52. The van der Waals surface area contributed by atoms with Gasteiger partial charge in [-0.25, -0.2) is 4.79 Å². The molecule has 0 aromatic carbocycles. The van der Waals surface area contributed by atoms with Gasteiger partial charge in [0.1, 0.15) is 0 Å². The first-order chi connectivity index (χ1) is 9.69. The second-order valence-electron chi connectivity index (χ2n) is 5.79. The molecule has 0 aromatic heterocycles. The number of hydrogen-bond donors (Lipinski definition) is 1. The summed E-state index contributed by atoms with van der Waals surface area (Å²) < 4.78 is 47.2. The van der Waals surface area contributed by atoms with Crippen molar-refractivity contribution in [3.8, 4) is 0 Å². The molecule has 0 aromatic rings. The van der Waals surface area contributed by atoms with Crippen molar-refractivity contribution in [1.29, 1.82) is 0 Å². The lowest BCUT2D eigenvalue weighted by atomic mass is 9.79. The van der Waals surface area contributed by atoms with Gasteiger partial charge in [0.15, 0.2) is 0 Å². The Labute approximate surface area is 122 Å². The molecule has 0 radical (unpaired) electrons. The zero-order chi connectivity index (χ0) is 16.1. The summed E-state index contributed by atoms with van der Waals surface area (Å²) in [4.78, 5) is 13.2. The average molecular weight is 312 g/mol. The van der Waals surface area contributed by atoms with Crippen molar-refractivity contribution >= 4 is 6.03 Å². The minimum Gasteiger partial charge on any atom is -0.382 e. The number of hydrogen-bond acceptors (Lipinski definition) is 3. The van der Waals surface area contributed by atoms with Crippen molar-refractivity contribution in [2.45, 2.75) is 32.0 Å². The molecule has 0 bridgehead atoms. The van der Waals surface area contributed by atoms with E-state index in [1.165, 1.54) is 4.90 Å². The third-order valence-corrected chi connectivity index (χ3v) is 3.49. The lowest BCUT2D eigenvalue weighted by Gasteiger charge is -2.48. The Balaban J connectivity index is 2.24. The highest BCUT2D eigenvalue weighted by atomic mass is 19.4. The Bertz CT molecular complexity index is 344. The van der Waals surface area contributed by atoms with Gasteiger partial charge in [0.2, 0.25) is 0 Å². The standard InChI is InChI=1S/C13H23F3N2O3/c1-12(7-13(14,15)16)8-18(9-12)11(19)17-5-4-10(21-3)6-20-2/h10H,4-9H2,1-3H3,(H,17,19). The summed E-state index contributed by atoms with van der Waals surface area (Å²) in [5.74, 6) is 0. The number of methoxy groups -OCH3 is 2. The monoisotopic (exact) mass is 312 g/mol. The van der Waals surface area contributed by atoms with Crippen molar-refractivity contribution in [1.82, 2.24) is 10.2 Å². The van der Waals surface area contributed by atoms with Gasteiger partial charge in [0.05, 0.1) is 19.1 Å². The van der Waals surface area contributed by atoms with E-state index in [1.54, 1.807) is 21.1 Å². The third-order valence-electron chi connectivity index (χ3n) is 3.49. The molecule has 1 atom stereocenters. The van der Waals surface area contributed by atoms with E-state index in [4.69, 9.17) is 9.47 Å². The third kappa shape index (κ3) is 6.09. The minimum absolute atomic E-state index is 0.109. The number of carbonyl (C=O) groups excluding carboxylic acids is 1. The van der Waals surface area contributed by atoms with Crippen LogP contribution in [0.1, 0.15) is 19.8 Å². The van der Waals surface area contributed by atoms with E-state index in [0.717, 1.165) is 0 Å². The molecule has 1 unspecified atom stereocenters. The summed E-state index contributed by atoms with van der Waals surface area (Å²) >= 11 is 0. The summed E-state index contributed by atoms with van der Waals surface area (Å²) in [5.41, 5.74) is -0.860. The summed E-state index contributed by atoms with van der Waals surface area (Å²) in [7, 11) is 3.12. The van der Waals surface area contributed by atoms with Gasteiger partial charge in [-0.2, -0.15) is 13.2 Å². The number of nitrogens with zero attached hydrogens (tertiary/aromatic N) is 1. The smallest absolute Gasteiger partial charge is 0.382 e. The molecule has 1 N–H and O–H groups in total. The number of rotatable bonds is 7. The van der Waals surface area contributed by atoms with Gasteiger partial charge in [-0.15, -0.1) is 0 Å². The van der Waals surface area contributed by atoms with E-state index in [0.29, 0.717) is 19.6 Å². The zero-order valence-corrected chi connectivity index (χ0v) is 12.6. The first kappa shape index (κ1) is 18.0. The van der Waals surface area contributed by atoms with Gasteiger partial charge < -0.3 is 19.7 Å². The number of urea groups is 1. The molecule has 8 heteroatoms. The molecule has 5 nitrogen and oxygen atoms in total. The molecular weight excluding hydrogens is 289 g/mol. The van der Waals surface area contributed by atoms with Crippen LogP contribution in [0.3, 0.4) is 0 Å². The quantitative estimate of drug-likeness (QED) is 0.782. The van der Waals surface area contributed by atoms with Crippen molar-refractivity contribution in [3.63, 3.8) is 0 Å². The lowest BCUT2D eigenvalue weighted by Crippen LogP contribution is -2.60.